The fourth-order valence-electron chi connectivity index (χ4n) is 4.93. The molecule has 7 rings (SSSR count). The molecule has 178 valence electrons. The monoisotopic (exact) mass is 476 g/mol. The quantitative estimate of drug-likeness (QED) is 0.385. The number of aromatic nitrogens is 9. The second-order valence-electron chi connectivity index (χ2n) is 9.30. The smallest absolute Gasteiger partial charge is 0.166 e. The molecule has 0 unspecified atom stereocenters. The molecule has 2 N–H and O–H groups in total. The predicted octanol–water partition coefficient (Wildman–Crippen LogP) is 4.05. The molecule has 10 nitrogen and oxygen atoms in total. The average molecular weight is 477 g/mol. The second-order valence-corrected chi connectivity index (χ2v) is 9.30. The van der Waals surface area contributed by atoms with Gasteiger partial charge in [0.2, 0.25) is 0 Å². The number of hydrogen-bond donors (Lipinski definition) is 2. The van der Waals surface area contributed by atoms with Crippen LogP contribution in [0, 0.1) is 6.92 Å². The zero-order chi connectivity index (χ0) is 24.1. The second kappa shape index (κ2) is 8.35. The normalized spacial score (nSPS) is 14.4. The first-order valence-electron chi connectivity index (χ1n) is 12.1. The summed E-state index contributed by atoms with van der Waals surface area (Å²) in [6, 6.07) is 6.22. The summed E-state index contributed by atoms with van der Waals surface area (Å²) in [5.41, 5.74) is 7.22. The number of likely N-dealkylation sites (tertiary alicyclic amines) is 1. The molecule has 6 aromatic rings. The van der Waals surface area contributed by atoms with Crippen LogP contribution in [0.5, 0.6) is 0 Å². The minimum atomic E-state index is 0.655. The fourth-order valence-corrected chi connectivity index (χ4v) is 4.93. The molecule has 0 saturated carbocycles. The average Bonchev–Trinajstić information content (AvgIpc) is 3.70. The molecule has 1 saturated heterocycles. The number of aromatic amines is 2. The first-order valence-corrected chi connectivity index (χ1v) is 12.1. The number of rotatable bonds is 5. The van der Waals surface area contributed by atoms with Gasteiger partial charge in [-0.05, 0) is 56.6 Å². The summed E-state index contributed by atoms with van der Waals surface area (Å²) >= 11 is 0. The molecule has 0 radical (unpaired) electrons. The van der Waals surface area contributed by atoms with Gasteiger partial charge in [-0.25, -0.2) is 19.9 Å². The summed E-state index contributed by atoms with van der Waals surface area (Å²) in [5.74, 6) is 1.37. The molecule has 0 amide bonds. The van der Waals surface area contributed by atoms with Gasteiger partial charge in [0.25, 0.3) is 0 Å². The Balaban J connectivity index is 1.28. The molecule has 0 atom stereocenters. The van der Waals surface area contributed by atoms with Gasteiger partial charge in [0.15, 0.2) is 17.3 Å². The van der Waals surface area contributed by atoms with E-state index in [-0.39, 0.29) is 0 Å². The minimum Gasteiger partial charge on any atom is -0.336 e. The van der Waals surface area contributed by atoms with Crippen molar-refractivity contribution in [1.82, 2.24) is 49.6 Å². The van der Waals surface area contributed by atoms with Gasteiger partial charge in [-0.3, -0.25) is 19.5 Å². The number of H-pyrrole nitrogens is 2. The lowest BCUT2D eigenvalue weighted by molar-refractivity contribution is 0.331. The van der Waals surface area contributed by atoms with E-state index in [2.05, 4.69) is 52.1 Å². The van der Waals surface area contributed by atoms with Crippen molar-refractivity contribution in [3.63, 3.8) is 0 Å². The molecule has 1 aliphatic heterocycles. The molecule has 1 fully saturated rings. The van der Waals surface area contributed by atoms with Crippen molar-refractivity contribution < 1.29 is 0 Å². The highest BCUT2D eigenvalue weighted by atomic mass is 15.2. The molecule has 6 aromatic heterocycles. The molecule has 0 aliphatic carbocycles. The Bertz CT molecular complexity index is 1700. The third-order valence-corrected chi connectivity index (χ3v) is 6.71. The summed E-state index contributed by atoms with van der Waals surface area (Å²) in [6.07, 6.45) is 13.7. The van der Waals surface area contributed by atoms with Crippen molar-refractivity contribution in [3.05, 3.63) is 66.8 Å². The largest absolute Gasteiger partial charge is 0.336 e. The Labute approximate surface area is 206 Å². The highest BCUT2D eigenvalue weighted by Gasteiger charge is 2.18. The van der Waals surface area contributed by atoms with E-state index < -0.39 is 0 Å². The molecular weight excluding hydrogens is 452 g/mol. The van der Waals surface area contributed by atoms with Gasteiger partial charge in [-0.15, -0.1) is 0 Å². The Morgan fingerprint density at radius 3 is 2.75 bits per heavy atom. The Morgan fingerprint density at radius 1 is 1.00 bits per heavy atom. The molecule has 36 heavy (non-hydrogen) atoms. The van der Waals surface area contributed by atoms with Crippen LogP contribution in [0.4, 0.5) is 0 Å². The van der Waals surface area contributed by atoms with Crippen LogP contribution in [0.1, 0.15) is 24.1 Å². The van der Waals surface area contributed by atoms with Gasteiger partial charge in [0.05, 0.1) is 16.6 Å². The summed E-state index contributed by atoms with van der Waals surface area (Å²) in [6.45, 7) is 5.20. The van der Waals surface area contributed by atoms with Gasteiger partial charge >= 0.3 is 0 Å². The number of nitrogens with one attached hydrogen (secondary N) is 2. The Kier molecular flexibility index (Phi) is 4.84. The number of hydrogen-bond acceptors (Lipinski definition) is 7. The van der Waals surface area contributed by atoms with Crippen LogP contribution in [0.15, 0.2) is 55.5 Å². The maximum absolute atomic E-state index is 4.87. The summed E-state index contributed by atoms with van der Waals surface area (Å²) in [7, 11) is 0. The van der Waals surface area contributed by atoms with Gasteiger partial charge in [0, 0.05) is 48.7 Å². The number of nitrogens with zero attached hydrogens (tertiary/aromatic N) is 8. The SMILES string of the molecule is Cc1cn(-c2nccc3[nH]c(-c4n[nH]c5ncc(-c6cncc(CN7CCCC7)c6)cc45)nc23)cn1. The Hall–Kier alpha value is -4.44. The third kappa shape index (κ3) is 3.62. The summed E-state index contributed by atoms with van der Waals surface area (Å²) in [4.78, 5) is 28.8. The van der Waals surface area contributed by atoms with Crippen molar-refractivity contribution in [1.29, 1.82) is 0 Å². The molecule has 0 bridgehead atoms. The van der Waals surface area contributed by atoms with E-state index in [0.29, 0.717) is 17.2 Å². The zero-order valence-corrected chi connectivity index (χ0v) is 19.8. The van der Waals surface area contributed by atoms with Crippen LogP contribution < -0.4 is 0 Å². The number of fused-ring (bicyclic) bond motifs is 2. The molecule has 0 spiro atoms. The van der Waals surface area contributed by atoms with Crippen molar-refractivity contribution in [2.24, 2.45) is 0 Å². The standard InChI is InChI=1S/C26H24N10/c1-16-13-36(15-30-16)26-23-21(4-5-28-26)31-25(32-23)22-20-9-19(12-29-24(20)34-33-22)18-8-17(10-27-11-18)14-35-6-2-3-7-35/h4-5,8-13,15H,2-3,6-7,14H2,1H3,(H,31,32)(H,29,33,34). The van der Waals surface area contributed by atoms with Crippen LogP contribution in [0.2, 0.25) is 0 Å². The first kappa shape index (κ1) is 20.9. The van der Waals surface area contributed by atoms with E-state index in [0.717, 1.165) is 58.7 Å². The molecule has 1 aliphatic rings. The van der Waals surface area contributed by atoms with Crippen LogP contribution in [-0.2, 0) is 6.54 Å². The van der Waals surface area contributed by atoms with Crippen molar-refractivity contribution >= 4 is 22.1 Å². The van der Waals surface area contributed by atoms with Crippen LogP contribution in [0.3, 0.4) is 0 Å². The maximum atomic E-state index is 4.87. The van der Waals surface area contributed by atoms with E-state index in [4.69, 9.17) is 4.98 Å². The number of imidazole rings is 2. The highest BCUT2D eigenvalue weighted by molar-refractivity contribution is 5.94. The van der Waals surface area contributed by atoms with Crippen LogP contribution in [0.25, 0.3) is 50.5 Å². The van der Waals surface area contributed by atoms with E-state index in [9.17, 15) is 0 Å². The lowest BCUT2D eigenvalue weighted by atomic mass is 10.1. The van der Waals surface area contributed by atoms with E-state index >= 15 is 0 Å². The van der Waals surface area contributed by atoms with E-state index in [1.54, 1.807) is 12.5 Å². The maximum Gasteiger partial charge on any atom is 0.166 e. The predicted molar refractivity (Wildman–Crippen MR) is 136 cm³/mol. The van der Waals surface area contributed by atoms with Crippen LogP contribution >= 0.6 is 0 Å². The van der Waals surface area contributed by atoms with Crippen molar-refractivity contribution in [2.45, 2.75) is 26.3 Å². The molecule has 10 heteroatoms. The number of aryl methyl sites for hydroxylation is 1. The topological polar surface area (TPSA) is 117 Å². The minimum absolute atomic E-state index is 0.655. The van der Waals surface area contributed by atoms with Gasteiger partial charge in [0.1, 0.15) is 17.5 Å². The lowest BCUT2D eigenvalue weighted by Crippen LogP contribution is -2.18. The van der Waals surface area contributed by atoms with Gasteiger partial charge in [-0.2, -0.15) is 5.10 Å². The fraction of sp³-hybridized carbons (Fsp3) is 0.231. The summed E-state index contributed by atoms with van der Waals surface area (Å²) in [5, 5.41) is 8.48. The van der Waals surface area contributed by atoms with Gasteiger partial charge < -0.3 is 4.98 Å². The lowest BCUT2D eigenvalue weighted by Gasteiger charge is -2.14. The third-order valence-electron chi connectivity index (χ3n) is 6.71. The highest BCUT2D eigenvalue weighted by Crippen LogP contribution is 2.30. The molecule has 0 aromatic carbocycles. The Morgan fingerprint density at radius 2 is 1.89 bits per heavy atom. The van der Waals surface area contributed by atoms with Crippen molar-refractivity contribution in [3.8, 4) is 28.5 Å². The first-order chi connectivity index (χ1) is 17.7. The van der Waals surface area contributed by atoms with Gasteiger partial charge in [-0.1, -0.05) is 0 Å². The van der Waals surface area contributed by atoms with Crippen molar-refractivity contribution in [2.75, 3.05) is 13.1 Å². The van der Waals surface area contributed by atoms with E-state index in [1.165, 1.54) is 18.4 Å². The zero-order valence-electron chi connectivity index (χ0n) is 19.8. The molecule has 7 heterocycles. The van der Waals surface area contributed by atoms with E-state index in [1.807, 2.05) is 42.3 Å². The molecular formula is C26H24N10. The van der Waals surface area contributed by atoms with Crippen LogP contribution in [-0.4, -0.2) is 62.7 Å². The number of pyridine rings is 3. The summed E-state index contributed by atoms with van der Waals surface area (Å²) < 4.78 is 1.88.